The number of aromatic amines is 1. The van der Waals surface area contributed by atoms with E-state index in [1.807, 2.05) is 40.4 Å². The Kier molecular flexibility index (Phi) is 3.43. The van der Waals surface area contributed by atoms with Gasteiger partial charge in [0.15, 0.2) is 5.82 Å². The molecule has 96 valence electrons. The van der Waals surface area contributed by atoms with E-state index in [0.717, 1.165) is 16.1 Å². The Morgan fingerprint density at radius 3 is 3.05 bits per heavy atom. The van der Waals surface area contributed by atoms with Gasteiger partial charge >= 0.3 is 0 Å². The van der Waals surface area contributed by atoms with E-state index >= 15 is 0 Å². The summed E-state index contributed by atoms with van der Waals surface area (Å²) in [6.07, 6.45) is 0.380. The summed E-state index contributed by atoms with van der Waals surface area (Å²) in [6.45, 7) is 0. The normalized spacial score (nSPS) is 10.5. The van der Waals surface area contributed by atoms with E-state index in [1.54, 1.807) is 22.7 Å². The van der Waals surface area contributed by atoms with Crippen molar-refractivity contribution >= 4 is 34.4 Å². The Hall–Kier alpha value is -1.92. The lowest BCUT2D eigenvalue weighted by atomic mass is 10.2. The molecule has 0 aliphatic heterocycles. The van der Waals surface area contributed by atoms with E-state index < -0.39 is 0 Å². The predicted octanol–water partition coefficient (Wildman–Crippen LogP) is 3.38. The van der Waals surface area contributed by atoms with Crippen LogP contribution in [-0.4, -0.2) is 16.1 Å². The van der Waals surface area contributed by atoms with Gasteiger partial charge < -0.3 is 5.32 Å². The molecule has 3 heterocycles. The first-order chi connectivity index (χ1) is 9.31. The maximum Gasteiger partial charge on any atom is 0.230 e. The molecule has 0 saturated carbocycles. The van der Waals surface area contributed by atoms with E-state index in [-0.39, 0.29) is 5.91 Å². The van der Waals surface area contributed by atoms with Crippen molar-refractivity contribution in [3.05, 3.63) is 46.0 Å². The van der Waals surface area contributed by atoms with Crippen molar-refractivity contribution in [3.63, 3.8) is 0 Å². The van der Waals surface area contributed by atoms with Crippen LogP contribution in [0.5, 0.6) is 0 Å². The van der Waals surface area contributed by atoms with Crippen LogP contribution < -0.4 is 5.32 Å². The fourth-order valence-corrected chi connectivity index (χ4v) is 3.07. The molecule has 6 heteroatoms. The van der Waals surface area contributed by atoms with Crippen LogP contribution in [0.4, 0.5) is 5.82 Å². The van der Waals surface area contributed by atoms with Gasteiger partial charge in [-0.15, -0.1) is 11.3 Å². The minimum Gasteiger partial charge on any atom is -0.309 e. The third-order valence-electron chi connectivity index (χ3n) is 2.58. The van der Waals surface area contributed by atoms with Crippen molar-refractivity contribution in [1.29, 1.82) is 0 Å². The van der Waals surface area contributed by atoms with Crippen molar-refractivity contribution < 1.29 is 4.79 Å². The third-order valence-corrected chi connectivity index (χ3v) is 4.21. The molecule has 3 aromatic rings. The Labute approximate surface area is 118 Å². The van der Waals surface area contributed by atoms with Crippen molar-refractivity contribution in [1.82, 2.24) is 10.2 Å². The van der Waals surface area contributed by atoms with Gasteiger partial charge in [0.2, 0.25) is 5.91 Å². The molecular formula is C13H11N3OS2. The zero-order valence-corrected chi connectivity index (χ0v) is 11.6. The number of anilines is 1. The van der Waals surface area contributed by atoms with Gasteiger partial charge in [0.1, 0.15) is 0 Å². The number of carbonyl (C=O) groups excluding carboxylic acids is 1. The SMILES string of the molecule is O=C(Cc1ccsc1)Nc1cc(-c2cccs2)[nH]n1. The number of hydrogen-bond acceptors (Lipinski definition) is 4. The van der Waals surface area contributed by atoms with Gasteiger partial charge in [-0.1, -0.05) is 6.07 Å². The molecule has 0 atom stereocenters. The summed E-state index contributed by atoms with van der Waals surface area (Å²) in [5.41, 5.74) is 1.94. The molecule has 4 nitrogen and oxygen atoms in total. The summed E-state index contributed by atoms with van der Waals surface area (Å²) in [7, 11) is 0. The second-order valence-electron chi connectivity index (χ2n) is 4.00. The van der Waals surface area contributed by atoms with Crippen LogP contribution in [0.2, 0.25) is 0 Å². The zero-order chi connectivity index (χ0) is 13.1. The lowest BCUT2D eigenvalue weighted by molar-refractivity contribution is -0.115. The van der Waals surface area contributed by atoms with Crippen LogP contribution in [-0.2, 0) is 11.2 Å². The predicted molar refractivity (Wildman–Crippen MR) is 78.6 cm³/mol. The van der Waals surface area contributed by atoms with Crippen molar-refractivity contribution in [2.24, 2.45) is 0 Å². The van der Waals surface area contributed by atoms with Gasteiger partial charge in [-0.05, 0) is 33.8 Å². The molecule has 0 bridgehead atoms. The number of H-pyrrole nitrogens is 1. The Morgan fingerprint density at radius 1 is 1.37 bits per heavy atom. The first kappa shape index (κ1) is 12.1. The molecule has 0 radical (unpaired) electrons. The lowest BCUT2D eigenvalue weighted by Crippen LogP contribution is -2.14. The molecule has 0 spiro atoms. The van der Waals surface area contributed by atoms with Gasteiger partial charge in [0.05, 0.1) is 17.0 Å². The quantitative estimate of drug-likeness (QED) is 0.773. The number of aromatic nitrogens is 2. The smallest absolute Gasteiger partial charge is 0.230 e. The monoisotopic (exact) mass is 289 g/mol. The molecule has 2 N–H and O–H groups in total. The number of nitrogens with zero attached hydrogens (tertiary/aromatic N) is 1. The van der Waals surface area contributed by atoms with E-state index in [9.17, 15) is 4.79 Å². The number of carbonyl (C=O) groups is 1. The minimum absolute atomic E-state index is 0.0531. The van der Waals surface area contributed by atoms with Crippen molar-refractivity contribution in [2.75, 3.05) is 5.32 Å². The lowest BCUT2D eigenvalue weighted by Gasteiger charge is -1.99. The van der Waals surface area contributed by atoms with Gasteiger partial charge in [0, 0.05) is 6.07 Å². The fraction of sp³-hybridized carbons (Fsp3) is 0.0769. The summed E-state index contributed by atoms with van der Waals surface area (Å²) in [5, 5.41) is 15.7. The van der Waals surface area contributed by atoms with Crippen LogP contribution in [0.3, 0.4) is 0 Å². The third kappa shape index (κ3) is 2.91. The van der Waals surface area contributed by atoms with Crippen molar-refractivity contribution in [2.45, 2.75) is 6.42 Å². The van der Waals surface area contributed by atoms with Crippen LogP contribution in [0.25, 0.3) is 10.6 Å². The number of thiophene rings is 2. The van der Waals surface area contributed by atoms with Crippen LogP contribution >= 0.6 is 22.7 Å². The second-order valence-corrected chi connectivity index (χ2v) is 5.73. The summed E-state index contributed by atoms with van der Waals surface area (Å²) in [6, 6.07) is 7.79. The Morgan fingerprint density at radius 2 is 2.32 bits per heavy atom. The summed E-state index contributed by atoms with van der Waals surface area (Å²) in [5.74, 6) is 0.506. The van der Waals surface area contributed by atoms with Gasteiger partial charge in [-0.2, -0.15) is 16.4 Å². The number of amides is 1. The van der Waals surface area contributed by atoms with E-state index in [4.69, 9.17) is 0 Å². The van der Waals surface area contributed by atoms with Gasteiger partial charge in [-0.3, -0.25) is 9.89 Å². The Bertz CT molecular complexity index is 656. The second kappa shape index (κ2) is 5.38. The van der Waals surface area contributed by atoms with E-state index in [0.29, 0.717) is 12.2 Å². The average Bonchev–Trinajstić information content (AvgIpc) is 3.09. The number of nitrogens with one attached hydrogen (secondary N) is 2. The van der Waals surface area contributed by atoms with Crippen LogP contribution in [0.15, 0.2) is 40.4 Å². The fourth-order valence-electron chi connectivity index (χ4n) is 1.71. The molecule has 0 unspecified atom stereocenters. The molecule has 0 saturated heterocycles. The van der Waals surface area contributed by atoms with Crippen LogP contribution in [0.1, 0.15) is 5.56 Å². The molecular weight excluding hydrogens is 278 g/mol. The highest BCUT2D eigenvalue weighted by molar-refractivity contribution is 7.13. The highest BCUT2D eigenvalue weighted by Crippen LogP contribution is 2.24. The molecule has 1 amide bonds. The summed E-state index contributed by atoms with van der Waals surface area (Å²) >= 11 is 3.22. The molecule has 3 aromatic heterocycles. The highest BCUT2D eigenvalue weighted by atomic mass is 32.1. The molecule has 3 rings (SSSR count). The number of hydrogen-bond donors (Lipinski definition) is 2. The van der Waals surface area contributed by atoms with Crippen LogP contribution in [0, 0.1) is 0 Å². The molecule has 0 aromatic carbocycles. The van der Waals surface area contributed by atoms with E-state index in [2.05, 4.69) is 15.5 Å². The standard InChI is InChI=1S/C13H11N3OS2/c17-13(6-9-3-5-18-8-9)14-12-7-10(15-16-12)11-2-1-4-19-11/h1-5,7-8H,6H2,(H2,14,15,16,17). The topological polar surface area (TPSA) is 57.8 Å². The summed E-state index contributed by atoms with van der Waals surface area (Å²) in [4.78, 5) is 12.9. The molecule has 0 aliphatic carbocycles. The first-order valence-electron chi connectivity index (χ1n) is 5.71. The molecule has 0 aliphatic rings. The summed E-state index contributed by atoms with van der Waals surface area (Å²) < 4.78 is 0. The average molecular weight is 289 g/mol. The minimum atomic E-state index is -0.0531. The van der Waals surface area contributed by atoms with E-state index in [1.165, 1.54) is 0 Å². The van der Waals surface area contributed by atoms with Gasteiger partial charge in [0.25, 0.3) is 0 Å². The highest BCUT2D eigenvalue weighted by Gasteiger charge is 2.08. The van der Waals surface area contributed by atoms with Gasteiger partial charge in [-0.25, -0.2) is 0 Å². The molecule has 19 heavy (non-hydrogen) atoms. The zero-order valence-electron chi connectivity index (χ0n) is 9.92. The largest absolute Gasteiger partial charge is 0.309 e. The molecule has 0 fully saturated rings. The Balaban J connectivity index is 1.65. The number of rotatable bonds is 4. The maximum absolute atomic E-state index is 11.8. The van der Waals surface area contributed by atoms with Crippen molar-refractivity contribution in [3.8, 4) is 10.6 Å². The first-order valence-corrected chi connectivity index (χ1v) is 7.54. The maximum atomic E-state index is 11.8.